The highest BCUT2D eigenvalue weighted by molar-refractivity contribution is 6.55. The van der Waals surface area contributed by atoms with Crippen molar-refractivity contribution in [2.45, 2.75) is 11.0 Å². The molecule has 2 aromatic carbocycles. The van der Waals surface area contributed by atoms with Crippen LogP contribution in [-0.4, -0.2) is 10.6 Å². The zero-order valence-corrected chi connectivity index (χ0v) is 13.5. The summed E-state index contributed by atoms with van der Waals surface area (Å²) in [6.45, 7) is 0. The molecule has 2 nitrogen and oxygen atoms in total. The SMILES string of the molecule is O=C(c1ccc(Oc2ccc(Cl)cc2C(F)(F)F)cc1)C(Cl)Cl. The zero-order chi connectivity index (χ0) is 17.2. The van der Waals surface area contributed by atoms with Crippen LogP contribution in [0.4, 0.5) is 13.2 Å². The Labute approximate surface area is 144 Å². The van der Waals surface area contributed by atoms with Gasteiger partial charge in [0.15, 0.2) is 10.6 Å². The van der Waals surface area contributed by atoms with Crippen molar-refractivity contribution in [3.8, 4) is 11.5 Å². The Morgan fingerprint density at radius 2 is 1.65 bits per heavy atom. The second kappa shape index (κ2) is 6.99. The second-order valence-corrected chi connectivity index (χ2v) is 5.96. The van der Waals surface area contributed by atoms with E-state index in [1.807, 2.05) is 0 Å². The summed E-state index contributed by atoms with van der Waals surface area (Å²) >= 11 is 16.5. The Morgan fingerprint density at radius 3 is 2.17 bits per heavy atom. The first-order valence-electron chi connectivity index (χ1n) is 6.15. The average molecular weight is 384 g/mol. The highest BCUT2D eigenvalue weighted by Gasteiger charge is 2.34. The molecule has 0 aromatic heterocycles. The van der Waals surface area contributed by atoms with Crippen molar-refractivity contribution in [2.24, 2.45) is 0 Å². The van der Waals surface area contributed by atoms with Gasteiger partial charge in [0, 0.05) is 10.6 Å². The van der Waals surface area contributed by atoms with Gasteiger partial charge in [-0.3, -0.25) is 4.79 Å². The number of Topliss-reactive ketones (excluding diaryl/α,β-unsaturated/α-hetero) is 1. The third kappa shape index (κ3) is 4.53. The summed E-state index contributed by atoms with van der Waals surface area (Å²) in [5.41, 5.74) is -0.772. The molecule has 0 saturated heterocycles. The molecule has 0 spiro atoms. The number of halogens is 6. The van der Waals surface area contributed by atoms with E-state index in [0.717, 1.165) is 12.1 Å². The van der Waals surface area contributed by atoms with Gasteiger partial charge in [-0.25, -0.2) is 0 Å². The molecule has 0 radical (unpaired) electrons. The predicted molar refractivity (Wildman–Crippen MR) is 82.8 cm³/mol. The van der Waals surface area contributed by atoms with Gasteiger partial charge in [0.1, 0.15) is 11.5 Å². The monoisotopic (exact) mass is 382 g/mol. The lowest BCUT2D eigenvalue weighted by molar-refractivity contribution is -0.138. The summed E-state index contributed by atoms with van der Waals surface area (Å²) in [7, 11) is 0. The van der Waals surface area contributed by atoms with Crippen LogP contribution in [0.2, 0.25) is 5.02 Å². The molecule has 8 heteroatoms. The summed E-state index contributed by atoms with van der Waals surface area (Å²) in [6.07, 6.45) is -4.61. The van der Waals surface area contributed by atoms with Crippen molar-refractivity contribution in [3.05, 3.63) is 58.6 Å². The summed E-state index contributed by atoms with van der Waals surface area (Å²) in [6, 6.07) is 8.60. The van der Waals surface area contributed by atoms with Crippen molar-refractivity contribution in [3.63, 3.8) is 0 Å². The molecule has 0 aliphatic carbocycles. The summed E-state index contributed by atoms with van der Waals surface area (Å²) < 4.78 is 44.2. The molecular formula is C15H8Cl3F3O2. The van der Waals surface area contributed by atoms with Gasteiger partial charge in [-0.2, -0.15) is 13.2 Å². The maximum Gasteiger partial charge on any atom is 0.420 e. The van der Waals surface area contributed by atoms with Crippen molar-refractivity contribution < 1.29 is 22.7 Å². The summed E-state index contributed by atoms with van der Waals surface area (Å²) in [5, 5.41) is -0.0547. The maximum absolute atomic E-state index is 13.0. The van der Waals surface area contributed by atoms with Crippen molar-refractivity contribution in [1.82, 2.24) is 0 Å². The molecule has 2 aromatic rings. The molecule has 0 atom stereocenters. The number of ketones is 1. The van der Waals surface area contributed by atoms with Gasteiger partial charge in [0.25, 0.3) is 0 Å². The predicted octanol–water partition coefficient (Wildman–Crippen LogP) is 6.14. The fourth-order valence-electron chi connectivity index (χ4n) is 1.75. The van der Waals surface area contributed by atoms with Crippen molar-refractivity contribution in [1.29, 1.82) is 0 Å². The van der Waals surface area contributed by atoms with Crippen LogP contribution in [0.3, 0.4) is 0 Å². The van der Waals surface area contributed by atoms with E-state index in [-0.39, 0.29) is 16.3 Å². The molecule has 0 heterocycles. The molecule has 2 rings (SSSR count). The Bertz CT molecular complexity index is 713. The number of alkyl halides is 5. The molecule has 23 heavy (non-hydrogen) atoms. The molecule has 0 saturated carbocycles. The van der Waals surface area contributed by atoms with Crippen molar-refractivity contribution in [2.75, 3.05) is 0 Å². The van der Waals surface area contributed by atoms with E-state index in [1.165, 1.54) is 30.3 Å². The van der Waals surface area contributed by atoms with E-state index in [0.29, 0.717) is 0 Å². The van der Waals surface area contributed by atoms with Crippen LogP contribution in [0.25, 0.3) is 0 Å². The number of carbonyl (C=O) groups is 1. The first kappa shape index (κ1) is 17.9. The molecule has 0 fully saturated rings. The van der Waals surface area contributed by atoms with Crippen LogP contribution in [0.15, 0.2) is 42.5 Å². The molecule has 0 aliphatic rings. The lowest BCUT2D eigenvalue weighted by Crippen LogP contribution is -2.08. The van der Waals surface area contributed by atoms with Crippen LogP contribution < -0.4 is 4.74 Å². The number of carbonyl (C=O) groups excluding carboxylic acids is 1. The fourth-order valence-corrected chi connectivity index (χ4v) is 2.18. The number of benzene rings is 2. The van der Waals surface area contributed by atoms with E-state index in [4.69, 9.17) is 39.5 Å². The summed E-state index contributed by atoms with van der Waals surface area (Å²) in [5.74, 6) is -0.786. The van der Waals surface area contributed by atoms with Crippen molar-refractivity contribution >= 4 is 40.6 Å². The van der Waals surface area contributed by atoms with E-state index in [1.54, 1.807) is 0 Å². The minimum absolute atomic E-state index is 0.0547. The van der Waals surface area contributed by atoms with Gasteiger partial charge in [0.05, 0.1) is 5.56 Å². The average Bonchev–Trinajstić information content (AvgIpc) is 2.48. The minimum atomic E-state index is -4.61. The van der Waals surface area contributed by atoms with Gasteiger partial charge < -0.3 is 4.74 Å². The van der Waals surface area contributed by atoms with Crippen LogP contribution in [0.1, 0.15) is 15.9 Å². The Morgan fingerprint density at radius 1 is 1.04 bits per heavy atom. The van der Waals surface area contributed by atoms with Gasteiger partial charge in [-0.05, 0) is 42.5 Å². The van der Waals surface area contributed by atoms with Gasteiger partial charge in [-0.15, -0.1) is 0 Å². The highest BCUT2D eigenvalue weighted by Crippen LogP contribution is 2.39. The molecule has 122 valence electrons. The molecule has 0 aliphatic heterocycles. The van der Waals surface area contributed by atoms with Crippen LogP contribution in [0.5, 0.6) is 11.5 Å². The lowest BCUT2D eigenvalue weighted by atomic mass is 10.1. The third-order valence-corrected chi connectivity index (χ3v) is 3.44. The Kier molecular flexibility index (Phi) is 5.45. The molecule has 0 unspecified atom stereocenters. The highest BCUT2D eigenvalue weighted by atomic mass is 35.5. The minimum Gasteiger partial charge on any atom is -0.457 e. The molecule has 0 bridgehead atoms. The van der Waals surface area contributed by atoms with Gasteiger partial charge >= 0.3 is 6.18 Å². The Hall–Kier alpha value is -1.43. The maximum atomic E-state index is 13.0. The van der Waals surface area contributed by atoms with Crippen LogP contribution in [-0.2, 0) is 6.18 Å². The first-order valence-corrected chi connectivity index (χ1v) is 7.40. The summed E-state index contributed by atoms with van der Waals surface area (Å²) in [4.78, 5) is 10.4. The number of ether oxygens (including phenoxy) is 1. The van der Waals surface area contributed by atoms with Gasteiger partial charge in [-0.1, -0.05) is 34.8 Å². The Balaban J connectivity index is 2.28. The van der Waals surface area contributed by atoms with E-state index < -0.39 is 28.1 Å². The number of rotatable bonds is 4. The smallest absolute Gasteiger partial charge is 0.420 e. The van der Waals surface area contributed by atoms with Crippen LogP contribution in [0, 0.1) is 0 Å². The van der Waals surface area contributed by atoms with E-state index in [9.17, 15) is 18.0 Å². The topological polar surface area (TPSA) is 26.3 Å². The van der Waals surface area contributed by atoms with E-state index >= 15 is 0 Å². The second-order valence-electron chi connectivity index (χ2n) is 4.43. The largest absolute Gasteiger partial charge is 0.457 e. The first-order chi connectivity index (χ1) is 10.7. The normalized spacial score (nSPS) is 11.6. The van der Waals surface area contributed by atoms with Gasteiger partial charge in [0.2, 0.25) is 0 Å². The van der Waals surface area contributed by atoms with Crippen LogP contribution >= 0.6 is 34.8 Å². The zero-order valence-electron chi connectivity index (χ0n) is 11.2. The quantitative estimate of drug-likeness (QED) is 0.468. The number of hydrogen-bond acceptors (Lipinski definition) is 2. The number of hydrogen-bond donors (Lipinski definition) is 0. The molecular weight excluding hydrogens is 376 g/mol. The van der Waals surface area contributed by atoms with E-state index in [2.05, 4.69) is 0 Å². The fraction of sp³-hybridized carbons (Fsp3) is 0.133. The molecule has 0 N–H and O–H groups in total. The standard InChI is InChI=1S/C15H8Cl3F3O2/c16-9-3-6-12(11(7-9)15(19,20)21)23-10-4-1-8(2-5-10)13(22)14(17)18/h1-7,14H. The lowest BCUT2D eigenvalue weighted by Gasteiger charge is -2.14. The molecule has 0 amide bonds. The third-order valence-electron chi connectivity index (χ3n) is 2.81.